The predicted octanol–water partition coefficient (Wildman–Crippen LogP) is 3.28. The lowest BCUT2D eigenvalue weighted by atomic mass is 10.0. The van der Waals surface area contributed by atoms with E-state index >= 15 is 0 Å². The predicted molar refractivity (Wildman–Crippen MR) is 96.0 cm³/mol. The SMILES string of the molecule is CC(=O)Nc1ccc(NC(=O)C2(C(=O)Nc3c(F)cccc3F)CC2)cc1. The Labute approximate surface area is 154 Å². The normalized spacial score (nSPS) is 14.2. The van der Waals surface area contributed by atoms with Crippen LogP contribution in [0.5, 0.6) is 0 Å². The third-order valence-electron chi connectivity index (χ3n) is 4.28. The molecule has 0 radical (unpaired) electrons. The second-order valence-electron chi connectivity index (χ2n) is 6.35. The molecule has 1 aliphatic rings. The van der Waals surface area contributed by atoms with Gasteiger partial charge in [-0.1, -0.05) is 6.07 Å². The summed E-state index contributed by atoms with van der Waals surface area (Å²) >= 11 is 0. The maximum absolute atomic E-state index is 13.7. The van der Waals surface area contributed by atoms with Gasteiger partial charge in [-0.25, -0.2) is 8.78 Å². The van der Waals surface area contributed by atoms with Crippen molar-refractivity contribution in [2.75, 3.05) is 16.0 Å². The molecule has 2 aromatic carbocycles. The molecule has 1 saturated carbocycles. The van der Waals surface area contributed by atoms with Crippen molar-refractivity contribution in [1.29, 1.82) is 0 Å². The molecule has 3 N–H and O–H groups in total. The molecule has 0 saturated heterocycles. The number of rotatable bonds is 5. The van der Waals surface area contributed by atoms with Crippen molar-refractivity contribution >= 4 is 34.8 Å². The molecule has 27 heavy (non-hydrogen) atoms. The van der Waals surface area contributed by atoms with E-state index in [4.69, 9.17) is 0 Å². The van der Waals surface area contributed by atoms with Crippen molar-refractivity contribution in [1.82, 2.24) is 0 Å². The van der Waals surface area contributed by atoms with Gasteiger partial charge in [0.15, 0.2) is 0 Å². The summed E-state index contributed by atoms with van der Waals surface area (Å²) in [5, 5.41) is 7.40. The van der Waals surface area contributed by atoms with E-state index in [-0.39, 0.29) is 18.7 Å². The highest BCUT2D eigenvalue weighted by Crippen LogP contribution is 2.47. The smallest absolute Gasteiger partial charge is 0.240 e. The topological polar surface area (TPSA) is 87.3 Å². The molecule has 1 aliphatic carbocycles. The summed E-state index contributed by atoms with van der Waals surface area (Å²) in [4.78, 5) is 36.0. The zero-order valence-corrected chi connectivity index (χ0v) is 14.4. The first kappa shape index (κ1) is 18.5. The number of halogens is 2. The number of hydrogen-bond acceptors (Lipinski definition) is 3. The fourth-order valence-electron chi connectivity index (χ4n) is 2.62. The first-order valence-electron chi connectivity index (χ1n) is 8.26. The minimum absolute atomic E-state index is 0.222. The Morgan fingerprint density at radius 3 is 1.78 bits per heavy atom. The molecule has 8 heteroatoms. The van der Waals surface area contributed by atoms with E-state index in [0.29, 0.717) is 11.4 Å². The zero-order chi connectivity index (χ0) is 19.6. The van der Waals surface area contributed by atoms with Gasteiger partial charge in [0.2, 0.25) is 17.7 Å². The van der Waals surface area contributed by atoms with Gasteiger partial charge in [0.25, 0.3) is 0 Å². The van der Waals surface area contributed by atoms with Gasteiger partial charge in [0.1, 0.15) is 22.7 Å². The molecule has 140 valence electrons. The van der Waals surface area contributed by atoms with Crippen LogP contribution in [0.1, 0.15) is 19.8 Å². The van der Waals surface area contributed by atoms with Crippen molar-refractivity contribution in [3.63, 3.8) is 0 Å². The van der Waals surface area contributed by atoms with Crippen molar-refractivity contribution in [2.24, 2.45) is 5.41 Å². The van der Waals surface area contributed by atoms with Gasteiger partial charge in [-0.05, 0) is 49.2 Å². The lowest BCUT2D eigenvalue weighted by Crippen LogP contribution is -2.36. The maximum atomic E-state index is 13.7. The largest absolute Gasteiger partial charge is 0.326 e. The molecular weight excluding hydrogens is 356 g/mol. The third-order valence-corrected chi connectivity index (χ3v) is 4.28. The lowest BCUT2D eigenvalue weighted by molar-refractivity contribution is -0.131. The zero-order valence-electron chi connectivity index (χ0n) is 14.4. The van der Waals surface area contributed by atoms with Crippen molar-refractivity contribution in [3.05, 3.63) is 54.1 Å². The molecule has 6 nitrogen and oxygen atoms in total. The molecule has 3 rings (SSSR count). The van der Waals surface area contributed by atoms with E-state index in [1.54, 1.807) is 24.3 Å². The maximum Gasteiger partial charge on any atom is 0.240 e. The number of nitrogens with one attached hydrogen (secondary N) is 3. The monoisotopic (exact) mass is 373 g/mol. The van der Waals surface area contributed by atoms with Crippen LogP contribution in [0.4, 0.5) is 25.8 Å². The number of benzene rings is 2. The van der Waals surface area contributed by atoms with Crippen molar-refractivity contribution in [2.45, 2.75) is 19.8 Å². The van der Waals surface area contributed by atoms with Crippen LogP contribution in [0.15, 0.2) is 42.5 Å². The van der Waals surface area contributed by atoms with E-state index in [0.717, 1.165) is 12.1 Å². The third kappa shape index (κ3) is 3.94. The summed E-state index contributed by atoms with van der Waals surface area (Å²) in [6, 6.07) is 9.59. The van der Waals surface area contributed by atoms with Crippen molar-refractivity contribution < 1.29 is 23.2 Å². The fourth-order valence-corrected chi connectivity index (χ4v) is 2.62. The summed E-state index contributed by atoms with van der Waals surface area (Å²) < 4.78 is 27.4. The number of carbonyl (C=O) groups excluding carboxylic acids is 3. The number of anilines is 3. The van der Waals surface area contributed by atoms with E-state index in [9.17, 15) is 23.2 Å². The molecule has 0 aliphatic heterocycles. The van der Waals surface area contributed by atoms with E-state index in [1.165, 1.54) is 13.0 Å². The molecule has 0 bridgehead atoms. The summed E-state index contributed by atoms with van der Waals surface area (Å²) in [6.45, 7) is 1.38. The van der Waals surface area contributed by atoms with Crippen LogP contribution in [-0.2, 0) is 14.4 Å². The number of amides is 3. The highest BCUT2D eigenvalue weighted by molar-refractivity contribution is 6.17. The average Bonchev–Trinajstić information content (AvgIpc) is 3.41. The van der Waals surface area contributed by atoms with Gasteiger partial charge >= 0.3 is 0 Å². The van der Waals surface area contributed by atoms with Crippen molar-refractivity contribution in [3.8, 4) is 0 Å². The fraction of sp³-hybridized carbons (Fsp3) is 0.211. The minimum Gasteiger partial charge on any atom is -0.326 e. The Morgan fingerprint density at radius 1 is 0.815 bits per heavy atom. The van der Waals surface area contributed by atoms with Gasteiger partial charge in [0.05, 0.1) is 0 Å². The molecule has 0 unspecified atom stereocenters. The second kappa shape index (κ2) is 7.14. The van der Waals surface area contributed by atoms with Gasteiger partial charge < -0.3 is 16.0 Å². The number of hydrogen-bond donors (Lipinski definition) is 3. The molecule has 0 heterocycles. The van der Waals surface area contributed by atoms with Crippen LogP contribution >= 0.6 is 0 Å². The second-order valence-corrected chi connectivity index (χ2v) is 6.35. The van der Waals surface area contributed by atoms with E-state index in [2.05, 4.69) is 16.0 Å². The van der Waals surface area contributed by atoms with Crippen LogP contribution in [0, 0.1) is 17.0 Å². The quantitative estimate of drug-likeness (QED) is 0.703. The summed E-state index contributed by atoms with van der Waals surface area (Å²) in [6.07, 6.45) is 0.565. The Bertz CT molecular complexity index is 889. The molecule has 0 spiro atoms. The summed E-state index contributed by atoms with van der Waals surface area (Å²) in [5.41, 5.74) is -0.925. The van der Waals surface area contributed by atoms with Crippen LogP contribution in [-0.4, -0.2) is 17.7 Å². The van der Waals surface area contributed by atoms with E-state index in [1.807, 2.05) is 0 Å². The highest BCUT2D eigenvalue weighted by Gasteiger charge is 2.56. The molecule has 2 aromatic rings. The Morgan fingerprint density at radius 2 is 1.30 bits per heavy atom. The standard InChI is InChI=1S/C19H17F2N3O3/c1-11(25)22-12-5-7-13(8-6-12)23-17(26)19(9-10-19)18(27)24-16-14(20)3-2-4-15(16)21/h2-8H,9-10H2,1H3,(H,22,25)(H,23,26)(H,24,27). The van der Waals surface area contributed by atoms with Gasteiger partial charge in [0, 0.05) is 18.3 Å². The molecule has 3 amide bonds. The summed E-state index contributed by atoms with van der Waals surface area (Å²) in [5.74, 6) is -3.34. The molecule has 0 atom stereocenters. The van der Waals surface area contributed by atoms with Gasteiger partial charge in [-0.2, -0.15) is 0 Å². The van der Waals surface area contributed by atoms with Crippen LogP contribution in [0.2, 0.25) is 0 Å². The first-order chi connectivity index (χ1) is 12.8. The minimum atomic E-state index is -1.36. The highest BCUT2D eigenvalue weighted by atomic mass is 19.1. The Balaban J connectivity index is 1.69. The average molecular weight is 373 g/mol. The lowest BCUT2D eigenvalue weighted by Gasteiger charge is -2.16. The van der Waals surface area contributed by atoms with Crippen LogP contribution < -0.4 is 16.0 Å². The summed E-state index contributed by atoms with van der Waals surface area (Å²) in [7, 11) is 0. The first-order valence-corrected chi connectivity index (χ1v) is 8.26. The molecule has 1 fully saturated rings. The Kier molecular flexibility index (Phi) is 4.89. The molecular formula is C19H17F2N3O3. The number of carbonyl (C=O) groups is 3. The van der Waals surface area contributed by atoms with Gasteiger partial charge in [-0.3, -0.25) is 14.4 Å². The van der Waals surface area contributed by atoms with Crippen LogP contribution in [0.25, 0.3) is 0 Å². The van der Waals surface area contributed by atoms with Crippen LogP contribution in [0.3, 0.4) is 0 Å². The van der Waals surface area contributed by atoms with E-state index < -0.39 is 34.6 Å². The van der Waals surface area contributed by atoms with Gasteiger partial charge in [-0.15, -0.1) is 0 Å². The molecule has 0 aromatic heterocycles. The number of para-hydroxylation sites is 1. The Hall–Kier alpha value is -3.29.